The molecule has 4 heteroatoms. The molecule has 2 atom stereocenters. The molecule has 0 fully saturated rings. The maximum atomic E-state index is 5.87. The molecule has 0 radical (unpaired) electrons. The molecule has 4 nitrogen and oxygen atoms in total. The topological polar surface area (TPSA) is 70.5 Å². The molecule has 2 heterocycles. The highest BCUT2D eigenvalue weighted by molar-refractivity contribution is 5.37. The fourth-order valence-electron chi connectivity index (χ4n) is 2.78. The molecule has 4 rings (SSSR count). The fourth-order valence-corrected chi connectivity index (χ4v) is 2.78. The van der Waals surface area contributed by atoms with E-state index in [9.17, 15) is 0 Å². The summed E-state index contributed by atoms with van der Waals surface area (Å²) in [4.78, 5) is 0. The van der Waals surface area contributed by atoms with Gasteiger partial charge in [0.05, 0.1) is 25.9 Å². The van der Waals surface area contributed by atoms with Gasteiger partial charge in [0.2, 0.25) is 0 Å². The summed E-state index contributed by atoms with van der Waals surface area (Å²) in [7, 11) is 0. The van der Waals surface area contributed by atoms with Crippen LogP contribution in [0.1, 0.15) is 76.7 Å². The van der Waals surface area contributed by atoms with E-state index in [1.54, 1.807) is 0 Å². The first-order valence-electron chi connectivity index (χ1n) is 11.1. The van der Waals surface area contributed by atoms with Crippen molar-refractivity contribution in [3.05, 3.63) is 65.2 Å². The van der Waals surface area contributed by atoms with Crippen LogP contribution in [0.5, 0.6) is 5.75 Å². The van der Waals surface area contributed by atoms with Crippen LogP contribution in [0.4, 0.5) is 0 Å². The minimum Gasteiger partial charge on any atom is -0.493 e. The molecule has 2 aliphatic rings. The van der Waals surface area contributed by atoms with Crippen LogP contribution in [0.3, 0.4) is 0 Å². The van der Waals surface area contributed by atoms with Crippen molar-refractivity contribution in [2.24, 2.45) is 23.3 Å². The SMILES string of the molecule is CC(C)C.CC(C)C.NC1CCOc2ccccc21.NC1COCc2ccccc21. The Morgan fingerprint density at radius 1 is 0.767 bits per heavy atom. The van der Waals surface area contributed by atoms with E-state index in [-0.39, 0.29) is 12.1 Å². The molecular weight excluding hydrogens is 372 g/mol. The number of para-hydroxylation sites is 1. The van der Waals surface area contributed by atoms with Gasteiger partial charge in [0.25, 0.3) is 0 Å². The van der Waals surface area contributed by atoms with E-state index in [0.717, 1.165) is 36.2 Å². The van der Waals surface area contributed by atoms with Gasteiger partial charge in [0.1, 0.15) is 5.75 Å². The van der Waals surface area contributed by atoms with E-state index in [0.29, 0.717) is 13.2 Å². The molecule has 4 N–H and O–H groups in total. The van der Waals surface area contributed by atoms with Crippen molar-refractivity contribution >= 4 is 0 Å². The van der Waals surface area contributed by atoms with Crippen molar-refractivity contribution in [2.45, 2.75) is 66.7 Å². The predicted octanol–water partition coefficient (Wildman–Crippen LogP) is 6.01. The molecule has 0 aliphatic carbocycles. The second-order valence-corrected chi connectivity index (χ2v) is 9.07. The Hall–Kier alpha value is -1.88. The Balaban J connectivity index is 0.000000224. The van der Waals surface area contributed by atoms with Crippen LogP contribution in [-0.4, -0.2) is 13.2 Å². The summed E-state index contributed by atoms with van der Waals surface area (Å²) in [6.45, 7) is 15.1. The first-order valence-corrected chi connectivity index (χ1v) is 11.1. The minimum atomic E-state index is 0.0694. The molecule has 0 aromatic heterocycles. The summed E-state index contributed by atoms with van der Waals surface area (Å²) in [6.07, 6.45) is 0.928. The lowest BCUT2D eigenvalue weighted by molar-refractivity contribution is 0.0924. The van der Waals surface area contributed by atoms with Crippen molar-refractivity contribution in [3.63, 3.8) is 0 Å². The average Bonchev–Trinajstić information content (AvgIpc) is 2.69. The molecule has 2 unspecified atom stereocenters. The summed E-state index contributed by atoms with van der Waals surface area (Å²) in [6, 6.07) is 16.4. The third kappa shape index (κ3) is 10.2. The highest BCUT2D eigenvalue weighted by atomic mass is 16.5. The van der Waals surface area contributed by atoms with Gasteiger partial charge >= 0.3 is 0 Å². The average molecular weight is 415 g/mol. The molecule has 0 bridgehead atoms. The highest BCUT2D eigenvalue weighted by Gasteiger charge is 2.16. The number of hydrogen-bond donors (Lipinski definition) is 2. The standard InChI is InChI=1S/2C9H11NO.2C4H10/c10-9-6-11-5-7-3-1-2-4-8(7)9;10-8-5-6-11-9-4-2-1-3-7(8)9;2*1-4(2)3/h1-4,9H,5-6,10H2;1-4,8H,5-6,10H2;2*4H,1-3H3. The number of nitrogens with two attached hydrogens (primary N) is 2. The number of fused-ring (bicyclic) bond motifs is 2. The van der Waals surface area contributed by atoms with Crippen molar-refractivity contribution in [1.29, 1.82) is 0 Å². The molecule has 0 spiro atoms. The summed E-state index contributed by atoms with van der Waals surface area (Å²) in [5.41, 5.74) is 15.3. The highest BCUT2D eigenvalue weighted by Crippen LogP contribution is 2.29. The van der Waals surface area contributed by atoms with Gasteiger partial charge in [-0.25, -0.2) is 0 Å². The maximum absolute atomic E-state index is 5.87. The van der Waals surface area contributed by atoms with Gasteiger partial charge < -0.3 is 20.9 Å². The van der Waals surface area contributed by atoms with Gasteiger partial charge in [-0.2, -0.15) is 0 Å². The van der Waals surface area contributed by atoms with E-state index in [1.165, 1.54) is 11.1 Å². The van der Waals surface area contributed by atoms with Crippen LogP contribution in [0.15, 0.2) is 48.5 Å². The summed E-state index contributed by atoms with van der Waals surface area (Å²) in [5.74, 6) is 2.62. The number of ether oxygens (including phenoxy) is 2. The van der Waals surface area contributed by atoms with Crippen molar-refractivity contribution in [3.8, 4) is 5.75 Å². The zero-order valence-electron chi connectivity index (χ0n) is 19.7. The van der Waals surface area contributed by atoms with E-state index in [1.807, 2.05) is 36.4 Å². The van der Waals surface area contributed by atoms with Crippen molar-refractivity contribution in [2.75, 3.05) is 13.2 Å². The third-order valence-electron chi connectivity index (χ3n) is 4.01. The van der Waals surface area contributed by atoms with Crippen molar-refractivity contribution < 1.29 is 9.47 Å². The maximum Gasteiger partial charge on any atom is 0.124 e. The van der Waals surface area contributed by atoms with Gasteiger partial charge in [-0.15, -0.1) is 0 Å². The van der Waals surface area contributed by atoms with Crippen LogP contribution < -0.4 is 16.2 Å². The molecule has 0 saturated carbocycles. The lowest BCUT2D eigenvalue weighted by Crippen LogP contribution is -2.23. The summed E-state index contributed by atoms with van der Waals surface area (Å²) in [5, 5.41) is 0. The van der Waals surface area contributed by atoms with E-state index in [2.05, 4.69) is 53.7 Å². The monoisotopic (exact) mass is 414 g/mol. The molecule has 0 amide bonds. The van der Waals surface area contributed by atoms with Gasteiger partial charge in [0, 0.05) is 18.0 Å². The Morgan fingerprint density at radius 2 is 1.30 bits per heavy atom. The predicted molar refractivity (Wildman–Crippen MR) is 128 cm³/mol. The first-order chi connectivity index (χ1) is 14.2. The lowest BCUT2D eigenvalue weighted by atomic mass is 10.0. The van der Waals surface area contributed by atoms with E-state index in [4.69, 9.17) is 20.9 Å². The van der Waals surface area contributed by atoms with Gasteiger partial charge in [0.15, 0.2) is 0 Å². The molecular formula is C26H42N2O2. The zero-order chi connectivity index (χ0) is 22.5. The van der Waals surface area contributed by atoms with Gasteiger partial charge in [-0.1, -0.05) is 84.0 Å². The molecule has 0 saturated heterocycles. The molecule has 2 aromatic carbocycles. The number of hydrogen-bond acceptors (Lipinski definition) is 4. The zero-order valence-corrected chi connectivity index (χ0v) is 19.7. The van der Waals surface area contributed by atoms with E-state index >= 15 is 0 Å². The molecule has 168 valence electrons. The minimum absolute atomic E-state index is 0.0694. The number of benzene rings is 2. The number of rotatable bonds is 0. The third-order valence-corrected chi connectivity index (χ3v) is 4.01. The smallest absolute Gasteiger partial charge is 0.124 e. The largest absolute Gasteiger partial charge is 0.493 e. The quantitative estimate of drug-likeness (QED) is 0.554. The van der Waals surface area contributed by atoms with Crippen LogP contribution >= 0.6 is 0 Å². The Kier molecular flexibility index (Phi) is 12.4. The Labute approximate surface area is 184 Å². The Morgan fingerprint density at radius 3 is 1.87 bits per heavy atom. The van der Waals surface area contributed by atoms with Crippen molar-refractivity contribution in [1.82, 2.24) is 0 Å². The summed E-state index contributed by atoms with van der Waals surface area (Å²) < 4.78 is 10.7. The van der Waals surface area contributed by atoms with E-state index < -0.39 is 0 Å². The molecule has 30 heavy (non-hydrogen) atoms. The Bertz CT molecular complexity index is 649. The fraction of sp³-hybridized carbons (Fsp3) is 0.538. The lowest BCUT2D eigenvalue weighted by Gasteiger charge is -2.22. The second kappa shape index (κ2) is 14.2. The molecule has 2 aliphatic heterocycles. The van der Waals surface area contributed by atoms with Gasteiger partial charge in [-0.3, -0.25) is 0 Å². The molecule has 2 aromatic rings. The first kappa shape index (κ1) is 26.2. The van der Waals surface area contributed by atoms with Crippen LogP contribution in [0, 0.1) is 11.8 Å². The normalized spacial score (nSPS) is 18.9. The second-order valence-electron chi connectivity index (χ2n) is 9.07. The van der Waals surface area contributed by atoms with Crippen LogP contribution in [0.2, 0.25) is 0 Å². The van der Waals surface area contributed by atoms with Gasteiger partial charge in [-0.05, 0) is 29.0 Å². The van der Waals surface area contributed by atoms with Crippen LogP contribution in [-0.2, 0) is 11.3 Å². The summed E-state index contributed by atoms with van der Waals surface area (Å²) >= 11 is 0. The van der Waals surface area contributed by atoms with Crippen LogP contribution in [0.25, 0.3) is 0 Å².